The van der Waals surface area contributed by atoms with Crippen molar-refractivity contribution in [2.45, 2.75) is 25.8 Å². The molecule has 116 valence electrons. The number of H-pyrrole nitrogens is 1. The first-order valence-corrected chi connectivity index (χ1v) is 8.31. The molecule has 1 aromatic heterocycles. The van der Waals surface area contributed by atoms with Gasteiger partial charge in [-0.25, -0.2) is 4.79 Å². The van der Waals surface area contributed by atoms with E-state index in [0.29, 0.717) is 17.7 Å². The number of fused-ring (bicyclic) bond motifs is 1. The normalized spacial score (nSPS) is 21.2. The summed E-state index contributed by atoms with van der Waals surface area (Å²) in [7, 11) is 0. The van der Waals surface area contributed by atoms with E-state index in [9.17, 15) is 14.7 Å². The van der Waals surface area contributed by atoms with Crippen molar-refractivity contribution in [1.82, 2.24) is 10.3 Å². The number of hydrogen-bond acceptors (Lipinski definition) is 3. The first-order valence-electron chi connectivity index (χ1n) is 7.15. The summed E-state index contributed by atoms with van der Waals surface area (Å²) in [5.41, 5.74) is 2.51. The predicted octanol–water partition coefficient (Wildman–Crippen LogP) is 2.47. The van der Waals surface area contributed by atoms with E-state index in [-0.39, 0.29) is 5.91 Å². The van der Waals surface area contributed by atoms with E-state index in [1.54, 1.807) is 17.8 Å². The highest BCUT2D eigenvalue weighted by atomic mass is 32.2. The van der Waals surface area contributed by atoms with Crippen LogP contribution in [-0.4, -0.2) is 39.0 Å². The number of aliphatic carboxylic acids is 1. The maximum atomic E-state index is 12.5. The number of carbonyl (C=O) groups excluding carboxylic acids is 1. The molecule has 1 amide bonds. The quantitative estimate of drug-likeness (QED) is 0.812. The zero-order valence-electron chi connectivity index (χ0n) is 12.5. The fourth-order valence-electron chi connectivity index (χ4n) is 2.78. The van der Waals surface area contributed by atoms with E-state index in [0.717, 1.165) is 27.9 Å². The molecule has 0 radical (unpaired) electrons. The minimum Gasteiger partial charge on any atom is -0.479 e. The highest BCUT2D eigenvalue weighted by Gasteiger charge is 2.43. The molecule has 0 unspecified atom stereocenters. The van der Waals surface area contributed by atoms with Crippen LogP contribution in [0, 0.1) is 13.8 Å². The molecule has 0 aliphatic carbocycles. The van der Waals surface area contributed by atoms with Crippen molar-refractivity contribution in [3.8, 4) is 0 Å². The van der Waals surface area contributed by atoms with Gasteiger partial charge in [-0.1, -0.05) is 0 Å². The van der Waals surface area contributed by atoms with E-state index in [4.69, 9.17) is 0 Å². The number of benzene rings is 1. The minimum atomic E-state index is -1.14. The molecule has 1 saturated heterocycles. The molecule has 3 rings (SSSR count). The van der Waals surface area contributed by atoms with Crippen LogP contribution in [0.25, 0.3) is 10.9 Å². The van der Waals surface area contributed by atoms with Gasteiger partial charge in [0.05, 0.1) is 0 Å². The zero-order chi connectivity index (χ0) is 15.9. The summed E-state index contributed by atoms with van der Waals surface area (Å²) in [6.45, 7) is 3.99. The molecule has 2 aromatic rings. The molecular weight excluding hydrogens is 300 g/mol. The molecular formula is C16H18N2O3S. The molecule has 6 heteroatoms. The molecule has 0 spiro atoms. The average molecular weight is 318 g/mol. The highest BCUT2D eigenvalue weighted by molar-refractivity contribution is 7.99. The second kappa shape index (κ2) is 5.35. The van der Waals surface area contributed by atoms with Gasteiger partial charge in [-0.2, -0.15) is 11.8 Å². The number of carboxylic acids is 1. The van der Waals surface area contributed by atoms with E-state index < -0.39 is 11.5 Å². The van der Waals surface area contributed by atoms with E-state index in [2.05, 4.69) is 10.3 Å². The summed E-state index contributed by atoms with van der Waals surface area (Å²) >= 11 is 1.55. The number of hydrogen-bond donors (Lipinski definition) is 3. The average Bonchev–Trinajstić information content (AvgIpc) is 3.06. The van der Waals surface area contributed by atoms with Crippen LogP contribution in [0.1, 0.15) is 28.0 Å². The molecule has 1 fully saturated rings. The van der Waals surface area contributed by atoms with Crippen LogP contribution in [0.2, 0.25) is 0 Å². The fraction of sp³-hybridized carbons (Fsp3) is 0.375. The van der Waals surface area contributed by atoms with Gasteiger partial charge in [-0.05, 0) is 49.8 Å². The first-order chi connectivity index (χ1) is 10.4. The van der Waals surface area contributed by atoms with Crippen LogP contribution in [0.15, 0.2) is 18.2 Å². The Morgan fingerprint density at radius 2 is 2.14 bits per heavy atom. The van der Waals surface area contributed by atoms with Gasteiger partial charge in [0.1, 0.15) is 5.54 Å². The molecule has 22 heavy (non-hydrogen) atoms. The van der Waals surface area contributed by atoms with Gasteiger partial charge in [0, 0.05) is 27.9 Å². The van der Waals surface area contributed by atoms with Crippen molar-refractivity contribution < 1.29 is 14.7 Å². The number of thioether (sulfide) groups is 1. The Bertz CT molecular complexity index is 760. The van der Waals surface area contributed by atoms with Gasteiger partial charge < -0.3 is 15.4 Å². The molecule has 2 heterocycles. The van der Waals surface area contributed by atoms with Crippen molar-refractivity contribution >= 4 is 34.5 Å². The number of aromatic nitrogens is 1. The number of aryl methyl sites for hydroxylation is 2. The van der Waals surface area contributed by atoms with Gasteiger partial charge in [0.25, 0.3) is 5.91 Å². The molecule has 1 aliphatic rings. The molecule has 5 nitrogen and oxygen atoms in total. The van der Waals surface area contributed by atoms with Crippen molar-refractivity contribution in [3.05, 3.63) is 35.0 Å². The lowest BCUT2D eigenvalue weighted by Crippen LogP contribution is -2.54. The van der Waals surface area contributed by atoms with Crippen molar-refractivity contribution in [3.63, 3.8) is 0 Å². The summed E-state index contributed by atoms with van der Waals surface area (Å²) in [4.78, 5) is 27.3. The maximum Gasteiger partial charge on any atom is 0.330 e. The second-order valence-corrected chi connectivity index (χ2v) is 6.88. The van der Waals surface area contributed by atoms with Crippen LogP contribution in [0.3, 0.4) is 0 Å². The third kappa shape index (κ3) is 2.37. The Morgan fingerprint density at radius 3 is 2.77 bits per heavy atom. The zero-order valence-corrected chi connectivity index (χ0v) is 13.3. The van der Waals surface area contributed by atoms with Gasteiger partial charge in [0.2, 0.25) is 0 Å². The van der Waals surface area contributed by atoms with Crippen LogP contribution in [0.5, 0.6) is 0 Å². The number of rotatable bonds is 3. The maximum absolute atomic E-state index is 12.5. The van der Waals surface area contributed by atoms with Gasteiger partial charge in [-0.3, -0.25) is 4.79 Å². The van der Waals surface area contributed by atoms with E-state index >= 15 is 0 Å². The third-order valence-electron chi connectivity index (χ3n) is 4.35. The molecule has 3 N–H and O–H groups in total. The lowest BCUT2D eigenvalue weighted by molar-refractivity contribution is -0.143. The number of carboxylic acid groups (broad SMARTS) is 1. The molecule has 0 saturated carbocycles. The van der Waals surface area contributed by atoms with E-state index in [1.165, 1.54) is 0 Å². The number of aromatic amines is 1. The summed E-state index contributed by atoms with van der Waals surface area (Å²) in [5, 5.41) is 13.2. The van der Waals surface area contributed by atoms with Crippen molar-refractivity contribution in [1.29, 1.82) is 0 Å². The Balaban J connectivity index is 1.92. The number of carbonyl (C=O) groups is 2. The Kier molecular flexibility index (Phi) is 3.64. The van der Waals surface area contributed by atoms with Gasteiger partial charge in [0.15, 0.2) is 0 Å². The van der Waals surface area contributed by atoms with Crippen LogP contribution in [0.4, 0.5) is 0 Å². The number of amides is 1. The molecule has 1 aliphatic heterocycles. The van der Waals surface area contributed by atoms with Crippen molar-refractivity contribution in [2.24, 2.45) is 0 Å². The van der Waals surface area contributed by atoms with Gasteiger partial charge >= 0.3 is 5.97 Å². The fourth-order valence-corrected chi connectivity index (χ4v) is 4.10. The summed E-state index contributed by atoms with van der Waals surface area (Å²) in [6.07, 6.45) is 0.462. The smallest absolute Gasteiger partial charge is 0.330 e. The Morgan fingerprint density at radius 1 is 1.36 bits per heavy atom. The van der Waals surface area contributed by atoms with Crippen LogP contribution in [-0.2, 0) is 4.79 Å². The third-order valence-corrected chi connectivity index (χ3v) is 5.54. The summed E-state index contributed by atoms with van der Waals surface area (Å²) in [5.74, 6) is -0.119. The van der Waals surface area contributed by atoms with Crippen LogP contribution >= 0.6 is 11.8 Å². The monoisotopic (exact) mass is 318 g/mol. The summed E-state index contributed by atoms with van der Waals surface area (Å²) in [6, 6.07) is 5.41. The predicted molar refractivity (Wildman–Crippen MR) is 87.5 cm³/mol. The molecule has 1 aromatic carbocycles. The summed E-state index contributed by atoms with van der Waals surface area (Å²) < 4.78 is 0. The lowest BCUT2D eigenvalue weighted by Gasteiger charge is -2.24. The topological polar surface area (TPSA) is 82.2 Å². The largest absolute Gasteiger partial charge is 0.479 e. The van der Waals surface area contributed by atoms with Crippen LogP contribution < -0.4 is 5.32 Å². The lowest BCUT2D eigenvalue weighted by atomic mass is 9.98. The Labute approximate surface area is 132 Å². The first kappa shape index (κ1) is 15.0. The molecule has 1 atom stereocenters. The second-order valence-electron chi connectivity index (χ2n) is 5.78. The van der Waals surface area contributed by atoms with Crippen molar-refractivity contribution in [2.75, 3.05) is 11.5 Å². The highest BCUT2D eigenvalue weighted by Crippen LogP contribution is 2.29. The van der Waals surface area contributed by atoms with Gasteiger partial charge in [-0.15, -0.1) is 0 Å². The molecule has 0 bridgehead atoms. The Hall–Kier alpha value is -1.95. The SMILES string of the molecule is Cc1[nH]c2ccc(C(=O)N[C@]3(C(=O)O)CCSC3)cc2c1C. The number of nitrogens with one attached hydrogen (secondary N) is 2. The minimum absolute atomic E-state index is 0.329. The van der Waals surface area contributed by atoms with E-state index in [1.807, 2.05) is 26.0 Å². The standard InChI is InChI=1S/C16H18N2O3S/c1-9-10(2)17-13-4-3-11(7-12(9)13)14(19)18-16(15(20)21)5-6-22-8-16/h3-4,7,17H,5-6,8H2,1-2H3,(H,18,19)(H,20,21)/t16-/m1/s1.